The molecule has 1 amide bonds. The predicted molar refractivity (Wildman–Crippen MR) is 109 cm³/mol. The van der Waals surface area contributed by atoms with Crippen LogP contribution in [0.3, 0.4) is 0 Å². The normalized spacial score (nSPS) is 11.4. The van der Waals surface area contributed by atoms with Gasteiger partial charge >= 0.3 is 0 Å². The topological polar surface area (TPSA) is 59.9 Å². The molecular weight excluding hydrogens is 340 g/mol. The monoisotopic (exact) mass is 368 g/mol. The zero-order valence-corrected chi connectivity index (χ0v) is 16.7. The molecule has 0 fully saturated rings. The van der Waals surface area contributed by atoms with E-state index in [0.29, 0.717) is 6.61 Å². The molecule has 0 saturated carbocycles. The fourth-order valence-electron chi connectivity index (χ4n) is 2.54. The summed E-state index contributed by atoms with van der Waals surface area (Å²) in [4.78, 5) is 12.0. The molecule has 0 spiro atoms. The smallest absolute Gasteiger partial charge is 0.277 e. The SMILES string of the molecule is CCOc1ccc(C=NNC(=O)COc2cc(C)ccc2C(C)(C)C)cc1. The Kier molecular flexibility index (Phi) is 6.99. The van der Waals surface area contributed by atoms with E-state index in [1.807, 2.05) is 50.2 Å². The maximum absolute atomic E-state index is 12.0. The number of hydrogen-bond donors (Lipinski definition) is 1. The molecule has 5 nitrogen and oxygen atoms in total. The van der Waals surface area contributed by atoms with Gasteiger partial charge in [0.25, 0.3) is 5.91 Å². The van der Waals surface area contributed by atoms with Crippen LogP contribution in [0.2, 0.25) is 0 Å². The minimum absolute atomic E-state index is 0.0642. The van der Waals surface area contributed by atoms with Gasteiger partial charge in [-0.1, -0.05) is 32.9 Å². The summed E-state index contributed by atoms with van der Waals surface area (Å²) in [6.07, 6.45) is 1.58. The number of hydrazone groups is 1. The summed E-state index contributed by atoms with van der Waals surface area (Å²) in [6, 6.07) is 13.5. The number of nitrogens with zero attached hydrogens (tertiary/aromatic N) is 1. The number of carbonyl (C=O) groups excluding carboxylic acids is 1. The van der Waals surface area contributed by atoms with Crippen LogP contribution in [0.5, 0.6) is 11.5 Å². The summed E-state index contributed by atoms with van der Waals surface area (Å²) >= 11 is 0. The molecule has 0 atom stereocenters. The summed E-state index contributed by atoms with van der Waals surface area (Å²) in [6.45, 7) is 10.8. The second kappa shape index (κ2) is 9.21. The van der Waals surface area contributed by atoms with Crippen molar-refractivity contribution < 1.29 is 14.3 Å². The Hall–Kier alpha value is -2.82. The molecule has 0 aliphatic heterocycles. The van der Waals surface area contributed by atoms with Crippen molar-refractivity contribution in [2.24, 2.45) is 5.10 Å². The average Bonchev–Trinajstić information content (AvgIpc) is 2.61. The summed E-state index contributed by atoms with van der Waals surface area (Å²) < 4.78 is 11.1. The van der Waals surface area contributed by atoms with Gasteiger partial charge in [-0.2, -0.15) is 5.10 Å². The van der Waals surface area contributed by atoms with Crippen LogP contribution in [0.4, 0.5) is 0 Å². The largest absolute Gasteiger partial charge is 0.494 e. The van der Waals surface area contributed by atoms with E-state index in [-0.39, 0.29) is 17.9 Å². The molecule has 0 unspecified atom stereocenters. The van der Waals surface area contributed by atoms with E-state index >= 15 is 0 Å². The molecule has 1 N–H and O–H groups in total. The van der Waals surface area contributed by atoms with Gasteiger partial charge in [-0.25, -0.2) is 5.43 Å². The van der Waals surface area contributed by atoms with E-state index in [4.69, 9.17) is 9.47 Å². The van der Waals surface area contributed by atoms with Gasteiger partial charge in [0.15, 0.2) is 6.61 Å². The minimum Gasteiger partial charge on any atom is -0.494 e. The second-order valence-electron chi connectivity index (χ2n) is 7.33. The lowest BCUT2D eigenvalue weighted by Gasteiger charge is -2.23. The van der Waals surface area contributed by atoms with Gasteiger partial charge in [-0.15, -0.1) is 0 Å². The van der Waals surface area contributed by atoms with Gasteiger partial charge in [0, 0.05) is 0 Å². The number of carbonyl (C=O) groups is 1. The third-order valence-electron chi connectivity index (χ3n) is 3.90. The molecule has 0 aliphatic carbocycles. The van der Waals surface area contributed by atoms with Crippen molar-refractivity contribution in [2.45, 2.75) is 40.0 Å². The molecule has 27 heavy (non-hydrogen) atoms. The Labute approximate surface area is 161 Å². The van der Waals surface area contributed by atoms with Crippen LogP contribution < -0.4 is 14.9 Å². The third kappa shape index (κ3) is 6.44. The number of aryl methyl sites for hydroxylation is 1. The lowest BCUT2D eigenvalue weighted by molar-refractivity contribution is -0.123. The first-order valence-electron chi connectivity index (χ1n) is 9.08. The fraction of sp³-hybridized carbons (Fsp3) is 0.364. The number of ether oxygens (including phenoxy) is 2. The van der Waals surface area contributed by atoms with Gasteiger partial charge in [0.05, 0.1) is 12.8 Å². The predicted octanol–water partition coefficient (Wildman–Crippen LogP) is 4.22. The molecule has 0 saturated heterocycles. The van der Waals surface area contributed by atoms with Crippen LogP contribution in [-0.2, 0) is 10.2 Å². The molecule has 0 aliphatic rings. The third-order valence-corrected chi connectivity index (χ3v) is 3.90. The van der Waals surface area contributed by atoms with Crippen LogP contribution >= 0.6 is 0 Å². The number of nitrogens with one attached hydrogen (secondary N) is 1. The first-order valence-corrected chi connectivity index (χ1v) is 9.08. The number of benzene rings is 2. The molecule has 144 valence electrons. The van der Waals surface area contributed by atoms with Gasteiger partial charge < -0.3 is 9.47 Å². The molecule has 2 rings (SSSR count). The van der Waals surface area contributed by atoms with E-state index in [1.165, 1.54) is 0 Å². The molecular formula is C22H28N2O3. The molecule has 5 heteroatoms. The van der Waals surface area contributed by atoms with Crippen LogP contribution in [0.15, 0.2) is 47.6 Å². The highest BCUT2D eigenvalue weighted by Gasteiger charge is 2.19. The summed E-state index contributed by atoms with van der Waals surface area (Å²) in [5.41, 5.74) is 5.45. The lowest BCUT2D eigenvalue weighted by Crippen LogP contribution is -2.25. The van der Waals surface area contributed by atoms with E-state index in [0.717, 1.165) is 28.2 Å². The molecule has 2 aromatic rings. The zero-order chi connectivity index (χ0) is 19.9. The summed E-state index contributed by atoms with van der Waals surface area (Å²) in [5, 5.41) is 3.97. The number of rotatable bonds is 7. The zero-order valence-electron chi connectivity index (χ0n) is 16.7. The first kappa shape index (κ1) is 20.5. The molecule has 2 aromatic carbocycles. The van der Waals surface area contributed by atoms with Gasteiger partial charge in [0.1, 0.15) is 11.5 Å². The highest BCUT2D eigenvalue weighted by Crippen LogP contribution is 2.32. The van der Waals surface area contributed by atoms with Crippen LogP contribution in [0.1, 0.15) is 44.4 Å². The highest BCUT2D eigenvalue weighted by atomic mass is 16.5. The minimum atomic E-state index is -0.307. The number of amides is 1. The van der Waals surface area contributed by atoms with Crippen molar-refractivity contribution in [2.75, 3.05) is 13.2 Å². The van der Waals surface area contributed by atoms with Crippen molar-refractivity contribution in [3.8, 4) is 11.5 Å². The van der Waals surface area contributed by atoms with E-state index in [1.54, 1.807) is 6.21 Å². The van der Waals surface area contributed by atoms with Crippen molar-refractivity contribution in [1.82, 2.24) is 5.43 Å². The van der Waals surface area contributed by atoms with E-state index in [9.17, 15) is 4.79 Å². The van der Waals surface area contributed by atoms with E-state index in [2.05, 4.69) is 37.4 Å². The quantitative estimate of drug-likeness (QED) is 0.588. The summed E-state index contributed by atoms with van der Waals surface area (Å²) in [7, 11) is 0. The van der Waals surface area contributed by atoms with E-state index < -0.39 is 0 Å². The Balaban J connectivity index is 1.90. The van der Waals surface area contributed by atoms with Crippen molar-refractivity contribution >= 4 is 12.1 Å². The molecule has 0 bridgehead atoms. The van der Waals surface area contributed by atoms with Gasteiger partial charge in [0.2, 0.25) is 0 Å². The molecule has 0 radical (unpaired) electrons. The van der Waals surface area contributed by atoms with Crippen LogP contribution in [0.25, 0.3) is 0 Å². The fourth-order valence-corrected chi connectivity index (χ4v) is 2.54. The molecule has 0 aromatic heterocycles. The molecule has 0 heterocycles. The Bertz CT molecular complexity index is 790. The van der Waals surface area contributed by atoms with Crippen LogP contribution in [-0.4, -0.2) is 25.3 Å². The highest BCUT2D eigenvalue weighted by molar-refractivity contribution is 5.83. The first-order chi connectivity index (χ1) is 12.8. The van der Waals surface area contributed by atoms with Crippen molar-refractivity contribution in [3.05, 3.63) is 59.2 Å². The van der Waals surface area contributed by atoms with Crippen molar-refractivity contribution in [1.29, 1.82) is 0 Å². The maximum Gasteiger partial charge on any atom is 0.277 e. The Morgan fingerprint density at radius 2 is 1.81 bits per heavy atom. The standard InChI is InChI=1S/C22H28N2O3/c1-6-26-18-10-8-17(9-11-18)14-23-24-21(25)15-27-20-13-16(2)7-12-19(20)22(3,4)5/h7-14H,6,15H2,1-5H3,(H,24,25). The lowest BCUT2D eigenvalue weighted by atomic mass is 9.86. The Morgan fingerprint density at radius 1 is 1.11 bits per heavy atom. The summed E-state index contributed by atoms with van der Waals surface area (Å²) in [5.74, 6) is 1.23. The Morgan fingerprint density at radius 3 is 2.44 bits per heavy atom. The van der Waals surface area contributed by atoms with Crippen LogP contribution in [0, 0.1) is 6.92 Å². The maximum atomic E-state index is 12.0. The second-order valence-corrected chi connectivity index (χ2v) is 7.33. The van der Waals surface area contributed by atoms with Gasteiger partial charge in [-0.05, 0) is 66.3 Å². The van der Waals surface area contributed by atoms with Gasteiger partial charge in [-0.3, -0.25) is 4.79 Å². The van der Waals surface area contributed by atoms with Crippen molar-refractivity contribution in [3.63, 3.8) is 0 Å². The average molecular weight is 368 g/mol. The number of hydrogen-bond acceptors (Lipinski definition) is 4.